The third-order valence-corrected chi connectivity index (χ3v) is 9.02. The number of rotatable bonds is 5. The summed E-state index contributed by atoms with van der Waals surface area (Å²) in [5, 5.41) is 3.63. The van der Waals surface area contributed by atoms with E-state index in [-0.39, 0.29) is 11.2 Å². The monoisotopic (exact) mass is 428 g/mol. The molecule has 0 aliphatic heterocycles. The zero-order chi connectivity index (χ0) is 20.4. The molecule has 4 rings (SSSR count). The molecule has 1 N–H and O–H groups in total. The molecule has 0 spiro atoms. The molecule has 0 atom stereocenters. The van der Waals surface area contributed by atoms with E-state index in [0.29, 0.717) is 22.2 Å². The highest BCUT2D eigenvalue weighted by Gasteiger charge is 2.30. The van der Waals surface area contributed by atoms with Crippen molar-refractivity contribution in [2.75, 3.05) is 0 Å². The van der Waals surface area contributed by atoms with Crippen LogP contribution in [0, 0.1) is 5.92 Å². The summed E-state index contributed by atoms with van der Waals surface area (Å²) in [5.41, 5.74) is 0.873. The van der Waals surface area contributed by atoms with Crippen molar-refractivity contribution in [3.63, 3.8) is 0 Å². The van der Waals surface area contributed by atoms with Gasteiger partial charge in [-0.05, 0) is 66.8 Å². The van der Waals surface area contributed by atoms with E-state index in [1.807, 2.05) is 12.1 Å². The van der Waals surface area contributed by atoms with Crippen molar-refractivity contribution in [3.05, 3.63) is 59.2 Å². The second-order valence-corrected chi connectivity index (χ2v) is 11.1. The van der Waals surface area contributed by atoms with Gasteiger partial charge in [-0.1, -0.05) is 19.1 Å². The Morgan fingerprint density at radius 2 is 1.86 bits per heavy atom. The van der Waals surface area contributed by atoms with Gasteiger partial charge in [-0.25, -0.2) is 8.42 Å². The van der Waals surface area contributed by atoms with E-state index in [4.69, 9.17) is 0 Å². The number of nitrogens with zero attached hydrogens (tertiary/aromatic N) is 1. The van der Waals surface area contributed by atoms with Crippen LogP contribution < -0.4 is 5.32 Å². The largest absolute Gasteiger partial charge is 0.347 e. The number of pyridine rings is 1. The average Bonchev–Trinajstić information content (AvgIpc) is 3.17. The van der Waals surface area contributed by atoms with Crippen LogP contribution in [0.2, 0.25) is 0 Å². The maximum atomic E-state index is 12.9. The summed E-state index contributed by atoms with van der Waals surface area (Å²) in [6, 6.07) is 10.6. The van der Waals surface area contributed by atoms with Crippen molar-refractivity contribution in [1.82, 2.24) is 10.3 Å². The van der Waals surface area contributed by atoms with Crippen molar-refractivity contribution in [1.29, 1.82) is 0 Å². The number of nitrogens with one attached hydrogen (secondary N) is 1. The lowest BCUT2D eigenvalue weighted by Gasteiger charge is -2.26. The van der Waals surface area contributed by atoms with Gasteiger partial charge in [0.1, 0.15) is 0 Å². The molecule has 0 radical (unpaired) electrons. The number of hydrogen-bond acceptors (Lipinski definition) is 5. The summed E-state index contributed by atoms with van der Waals surface area (Å²) in [6.07, 6.45) is 6.89. The molecule has 1 fully saturated rings. The number of aromatic nitrogens is 1. The minimum Gasteiger partial charge on any atom is -0.347 e. The van der Waals surface area contributed by atoms with E-state index < -0.39 is 9.84 Å². The quantitative estimate of drug-likeness (QED) is 0.645. The predicted molar refractivity (Wildman–Crippen MR) is 116 cm³/mol. The van der Waals surface area contributed by atoms with Crippen LogP contribution in [-0.2, 0) is 16.4 Å². The molecular weight excluding hydrogens is 404 g/mol. The molecule has 2 heterocycles. The van der Waals surface area contributed by atoms with Crippen molar-refractivity contribution in [3.8, 4) is 0 Å². The second kappa shape index (κ2) is 8.24. The molecular formula is C22H24N2O3S2. The fourth-order valence-electron chi connectivity index (χ4n) is 3.79. The summed E-state index contributed by atoms with van der Waals surface area (Å²) >= 11 is 1.41. The summed E-state index contributed by atoms with van der Waals surface area (Å²) in [6.45, 7) is 2.54. The maximum absolute atomic E-state index is 12.9. The lowest BCUT2D eigenvalue weighted by Crippen LogP contribution is -2.26. The van der Waals surface area contributed by atoms with Gasteiger partial charge in [0.15, 0.2) is 9.84 Å². The Hall–Kier alpha value is -2.25. The Labute approximate surface area is 175 Å². The van der Waals surface area contributed by atoms with Gasteiger partial charge in [0.2, 0.25) is 0 Å². The highest BCUT2D eigenvalue weighted by atomic mass is 32.2. The van der Waals surface area contributed by atoms with Crippen LogP contribution in [-0.4, -0.2) is 24.6 Å². The Morgan fingerprint density at radius 1 is 1.14 bits per heavy atom. The van der Waals surface area contributed by atoms with E-state index in [9.17, 15) is 13.2 Å². The first kappa shape index (κ1) is 20.0. The summed E-state index contributed by atoms with van der Waals surface area (Å²) in [4.78, 5) is 17.5. The zero-order valence-electron chi connectivity index (χ0n) is 16.3. The van der Waals surface area contributed by atoms with Gasteiger partial charge >= 0.3 is 0 Å². The fourth-order valence-corrected chi connectivity index (χ4v) is 6.53. The Bertz CT molecular complexity index is 1080. The molecule has 1 saturated carbocycles. The smallest absolute Gasteiger partial charge is 0.261 e. The molecule has 0 unspecified atom stereocenters. The van der Waals surface area contributed by atoms with Crippen LogP contribution in [0.15, 0.2) is 53.7 Å². The normalized spacial score (nSPS) is 19.9. The highest BCUT2D eigenvalue weighted by Crippen LogP contribution is 2.31. The van der Waals surface area contributed by atoms with Crippen molar-refractivity contribution >= 4 is 37.2 Å². The van der Waals surface area contributed by atoms with E-state index in [1.54, 1.807) is 36.7 Å². The number of amides is 1. The van der Waals surface area contributed by atoms with E-state index in [0.717, 1.165) is 41.3 Å². The minimum absolute atomic E-state index is 0.140. The first-order valence-electron chi connectivity index (χ1n) is 9.88. The van der Waals surface area contributed by atoms with Crippen LogP contribution in [0.1, 0.15) is 47.8 Å². The van der Waals surface area contributed by atoms with Gasteiger partial charge < -0.3 is 5.32 Å². The third-order valence-electron chi connectivity index (χ3n) is 5.65. The number of carbonyl (C=O) groups is 1. The molecule has 2 aromatic heterocycles. The van der Waals surface area contributed by atoms with E-state index in [2.05, 4.69) is 17.2 Å². The summed E-state index contributed by atoms with van der Waals surface area (Å²) < 4.78 is 26.7. The molecule has 7 heteroatoms. The zero-order valence-corrected chi connectivity index (χ0v) is 17.9. The highest BCUT2D eigenvalue weighted by molar-refractivity contribution is 7.92. The fraction of sp³-hybridized carbons (Fsp3) is 0.364. The number of carbonyl (C=O) groups excluding carboxylic acids is 1. The van der Waals surface area contributed by atoms with E-state index >= 15 is 0 Å². The molecule has 0 bridgehead atoms. The Balaban J connectivity index is 1.39. The van der Waals surface area contributed by atoms with Gasteiger partial charge in [-0.15, -0.1) is 11.3 Å². The van der Waals surface area contributed by atoms with Gasteiger partial charge in [0.05, 0.1) is 19.7 Å². The van der Waals surface area contributed by atoms with Gasteiger partial charge in [0, 0.05) is 18.9 Å². The first-order chi connectivity index (χ1) is 13.9. The Kier molecular flexibility index (Phi) is 5.69. The van der Waals surface area contributed by atoms with Gasteiger partial charge in [0.25, 0.3) is 5.91 Å². The molecule has 1 amide bonds. The number of benzene rings is 1. The van der Waals surface area contributed by atoms with Crippen LogP contribution in [0.25, 0.3) is 10.1 Å². The Morgan fingerprint density at radius 3 is 2.55 bits per heavy atom. The molecule has 5 nitrogen and oxygen atoms in total. The topological polar surface area (TPSA) is 76.1 Å². The van der Waals surface area contributed by atoms with Crippen molar-refractivity contribution < 1.29 is 13.2 Å². The molecule has 0 saturated heterocycles. The van der Waals surface area contributed by atoms with Gasteiger partial charge in [-0.2, -0.15) is 0 Å². The van der Waals surface area contributed by atoms with Crippen LogP contribution in [0.4, 0.5) is 0 Å². The molecule has 3 aromatic rings. The molecule has 1 aliphatic carbocycles. The summed E-state index contributed by atoms with van der Waals surface area (Å²) in [7, 11) is -3.28. The lowest BCUT2D eigenvalue weighted by atomic mass is 9.91. The standard InChI is InChI=1S/C22H24N2O3S2/c1-15-2-6-18(7-3-15)29(26,27)19-8-4-16(5-9-19)13-24-22(25)20-12-17-10-11-23-14-21(17)28-20/h4-5,8-12,14-15,18H,2-3,6-7,13H2,1H3,(H,24,25). The summed E-state index contributed by atoms with van der Waals surface area (Å²) in [5.74, 6) is 0.476. The maximum Gasteiger partial charge on any atom is 0.261 e. The van der Waals surface area contributed by atoms with Gasteiger partial charge in [-0.3, -0.25) is 9.78 Å². The molecule has 152 valence electrons. The van der Waals surface area contributed by atoms with Crippen LogP contribution in [0.3, 0.4) is 0 Å². The molecule has 1 aliphatic rings. The van der Waals surface area contributed by atoms with Crippen molar-refractivity contribution in [2.45, 2.75) is 49.3 Å². The molecule has 29 heavy (non-hydrogen) atoms. The SMILES string of the molecule is CC1CCC(S(=O)(=O)c2ccc(CNC(=O)c3cc4ccncc4s3)cc2)CC1. The third kappa shape index (κ3) is 4.36. The molecule has 1 aromatic carbocycles. The van der Waals surface area contributed by atoms with Crippen LogP contribution in [0.5, 0.6) is 0 Å². The minimum atomic E-state index is -3.28. The van der Waals surface area contributed by atoms with Crippen LogP contribution >= 0.6 is 11.3 Å². The van der Waals surface area contributed by atoms with Crippen molar-refractivity contribution in [2.24, 2.45) is 5.92 Å². The number of fused-ring (bicyclic) bond motifs is 1. The first-order valence-corrected chi connectivity index (χ1v) is 12.2. The lowest BCUT2D eigenvalue weighted by molar-refractivity contribution is 0.0955. The van der Waals surface area contributed by atoms with E-state index in [1.165, 1.54) is 11.3 Å². The second-order valence-electron chi connectivity index (χ2n) is 7.78. The number of hydrogen-bond donors (Lipinski definition) is 1. The predicted octanol–water partition coefficient (Wildman–Crippen LogP) is 4.58. The number of sulfone groups is 1. The average molecular weight is 429 g/mol. The number of thiophene rings is 1.